The summed E-state index contributed by atoms with van der Waals surface area (Å²) < 4.78 is 25.2. The molecule has 3 heterocycles. The highest BCUT2D eigenvalue weighted by molar-refractivity contribution is 5.85. The number of hydrogen-bond acceptors (Lipinski definition) is 7. The minimum atomic E-state index is -1.20. The number of aliphatic carboxylic acids is 1. The topological polar surface area (TPSA) is 97.7 Å². The number of piperidine rings is 1. The Balaban J connectivity index is 1.71. The number of nitrogens with zero attached hydrogens (tertiary/aromatic N) is 4. The third-order valence-electron chi connectivity index (χ3n) is 7.44. The molecule has 3 aromatic rings. The summed E-state index contributed by atoms with van der Waals surface area (Å²) in [5, 5.41) is 19.2. The summed E-state index contributed by atoms with van der Waals surface area (Å²) in [5.74, 6) is -0.919. The van der Waals surface area contributed by atoms with Crippen LogP contribution in [0.5, 0.6) is 5.88 Å². The lowest BCUT2D eigenvalue weighted by Gasteiger charge is -2.40. The summed E-state index contributed by atoms with van der Waals surface area (Å²) >= 11 is 0. The maximum absolute atomic E-state index is 13.2. The molecule has 1 N–H and O–H groups in total. The molecule has 41 heavy (non-hydrogen) atoms. The standard InChI is InChI=1S/C32H41FN4O4/c1-20-18-25(35-36-29(20)40-17-12-22-8-10-23(33)11-9-22)24-19-34-21(2)26(28(30(38)39)41-31(3,4)5)27(24)37-15-13-32(6,7)14-16-37/h8-11,18-19,28H,12-17H2,1-7H3,(H,38,39)/t28-/m0/s1. The van der Waals surface area contributed by atoms with Gasteiger partial charge in [-0.25, -0.2) is 9.18 Å². The number of benzene rings is 1. The van der Waals surface area contributed by atoms with Gasteiger partial charge in [0.25, 0.3) is 0 Å². The van der Waals surface area contributed by atoms with E-state index in [-0.39, 0.29) is 11.2 Å². The van der Waals surface area contributed by atoms with Gasteiger partial charge in [0.05, 0.1) is 23.6 Å². The molecule has 0 unspecified atom stereocenters. The van der Waals surface area contributed by atoms with Crippen molar-refractivity contribution in [1.29, 1.82) is 0 Å². The van der Waals surface area contributed by atoms with Crippen molar-refractivity contribution >= 4 is 11.7 Å². The molecule has 0 spiro atoms. The quantitative estimate of drug-likeness (QED) is 0.315. The summed E-state index contributed by atoms with van der Waals surface area (Å²) in [4.78, 5) is 19.5. The van der Waals surface area contributed by atoms with Crippen molar-refractivity contribution < 1.29 is 23.8 Å². The Kier molecular flexibility index (Phi) is 8.97. The zero-order valence-corrected chi connectivity index (χ0v) is 25.1. The third kappa shape index (κ3) is 7.58. The summed E-state index contributed by atoms with van der Waals surface area (Å²) in [6, 6.07) is 8.23. The Hall–Kier alpha value is -3.59. The number of aryl methyl sites for hydroxylation is 2. The van der Waals surface area contributed by atoms with Crippen molar-refractivity contribution in [3.05, 3.63) is 64.7 Å². The fourth-order valence-corrected chi connectivity index (χ4v) is 5.04. The highest BCUT2D eigenvalue weighted by Crippen LogP contribution is 2.43. The molecular formula is C32H41FN4O4. The lowest BCUT2D eigenvalue weighted by Crippen LogP contribution is -2.39. The molecular weight excluding hydrogens is 523 g/mol. The van der Waals surface area contributed by atoms with Crippen LogP contribution in [0.2, 0.25) is 0 Å². The van der Waals surface area contributed by atoms with Crippen molar-refractivity contribution in [1.82, 2.24) is 15.2 Å². The summed E-state index contributed by atoms with van der Waals surface area (Å²) in [6.45, 7) is 15.7. The molecule has 1 saturated heterocycles. The summed E-state index contributed by atoms with van der Waals surface area (Å²) in [6.07, 6.45) is 3.10. The number of rotatable bonds is 9. The first-order valence-corrected chi connectivity index (χ1v) is 14.1. The fourth-order valence-electron chi connectivity index (χ4n) is 5.04. The molecule has 1 aromatic carbocycles. The zero-order chi connectivity index (χ0) is 29.9. The molecule has 9 heteroatoms. The van der Waals surface area contributed by atoms with Gasteiger partial charge in [-0.15, -0.1) is 10.2 Å². The SMILES string of the molecule is Cc1cc(-c2cnc(C)c([C@H](OC(C)(C)C)C(=O)O)c2N2CCC(C)(C)CC2)nnc1OCCc1ccc(F)cc1. The molecule has 1 fully saturated rings. The normalized spacial score (nSPS) is 16.0. The third-order valence-corrected chi connectivity index (χ3v) is 7.44. The van der Waals surface area contributed by atoms with Crippen molar-refractivity contribution in [2.24, 2.45) is 5.41 Å². The van der Waals surface area contributed by atoms with Gasteiger partial charge in [-0.1, -0.05) is 26.0 Å². The summed E-state index contributed by atoms with van der Waals surface area (Å²) in [7, 11) is 0. The monoisotopic (exact) mass is 564 g/mol. The van der Waals surface area contributed by atoms with Gasteiger partial charge in [0.2, 0.25) is 5.88 Å². The van der Waals surface area contributed by atoms with Crippen LogP contribution in [0.4, 0.5) is 10.1 Å². The number of halogens is 1. The number of aromatic nitrogens is 3. The van der Waals surface area contributed by atoms with E-state index in [4.69, 9.17) is 9.47 Å². The van der Waals surface area contributed by atoms with Crippen molar-refractivity contribution in [2.75, 3.05) is 24.6 Å². The van der Waals surface area contributed by atoms with E-state index in [1.54, 1.807) is 18.3 Å². The Morgan fingerprint density at radius 3 is 2.37 bits per heavy atom. The second-order valence-corrected chi connectivity index (χ2v) is 12.6. The minimum Gasteiger partial charge on any atom is -0.479 e. The van der Waals surface area contributed by atoms with Crippen LogP contribution in [0.15, 0.2) is 36.5 Å². The second kappa shape index (κ2) is 12.1. The number of carboxylic acid groups (broad SMARTS) is 1. The number of hydrogen-bond donors (Lipinski definition) is 1. The predicted molar refractivity (Wildman–Crippen MR) is 157 cm³/mol. The fraction of sp³-hybridized carbons (Fsp3) is 0.500. The van der Waals surface area contributed by atoms with Crippen LogP contribution < -0.4 is 9.64 Å². The molecule has 0 saturated carbocycles. The number of pyridine rings is 1. The highest BCUT2D eigenvalue weighted by atomic mass is 19.1. The number of ether oxygens (including phenoxy) is 2. The van der Waals surface area contributed by atoms with Gasteiger partial charge >= 0.3 is 5.97 Å². The molecule has 8 nitrogen and oxygen atoms in total. The van der Waals surface area contributed by atoms with Crippen LogP contribution in [0.3, 0.4) is 0 Å². The van der Waals surface area contributed by atoms with Gasteiger partial charge in [0.1, 0.15) is 5.82 Å². The molecule has 2 aromatic heterocycles. The predicted octanol–water partition coefficient (Wildman–Crippen LogP) is 6.48. The van der Waals surface area contributed by atoms with Crippen LogP contribution >= 0.6 is 0 Å². The van der Waals surface area contributed by atoms with Crippen molar-refractivity contribution in [3.8, 4) is 17.1 Å². The molecule has 4 rings (SSSR count). The zero-order valence-electron chi connectivity index (χ0n) is 25.1. The highest BCUT2D eigenvalue weighted by Gasteiger charge is 2.36. The first-order valence-electron chi connectivity index (χ1n) is 14.1. The van der Waals surface area contributed by atoms with Crippen LogP contribution in [0.25, 0.3) is 11.3 Å². The first kappa shape index (κ1) is 30.4. The molecule has 1 atom stereocenters. The van der Waals surface area contributed by atoms with Crippen LogP contribution in [-0.4, -0.2) is 51.6 Å². The van der Waals surface area contributed by atoms with E-state index in [9.17, 15) is 14.3 Å². The molecule has 0 bridgehead atoms. The Morgan fingerprint density at radius 1 is 1.12 bits per heavy atom. The smallest absolute Gasteiger partial charge is 0.337 e. The molecule has 220 valence electrons. The van der Waals surface area contributed by atoms with Gasteiger partial charge in [-0.2, -0.15) is 0 Å². The van der Waals surface area contributed by atoms with Crippen molar-refractivity contribution in [2.45, 2.75) is 79.4 Å². The molecule has 0 radical (unpaired) electrons. The maximum atomic E-state index is 13.2. The minimum absolute atomic E-state index is 0.205. The average molecular weight is 565 g/mol. The van der Waals surface area contributed by atoms with Gasteiger partial charge in [-0.3, -0.25) is 4.98 Å². The number of carboxylic acids is 1. The number of carbonyl (C=O) groups is 1. The molecule has 1 aliphatic heterocycles. The second-order valence-electron chi connectivity index (χ2n) is 12.6. The van der Waals surface area contributed by atoms with Crippen molar-refractivity contribution in [3.63, 3.8) is 0 Å². The molecule has 0 aliphatic carbocycles. The van der Waals surface area contributed by atoms with E-state index in [1.165, 1.54) is 12.1 Å². The van der Waals surface area contributed by atoms with Gasteiger partial charge < -0.3 is 19.5 Å². The van der Waals surface area contributed by atoms with E-state index in [0.717, 1.165) is 42.7 Å². The molecule has 0 amide bonds. The van der Waals surface area contributed by atoms with Crippen LogP contribution in [-0.2, 0) is 16.0 Å². The van der Waals surface area contributed by atoms with Crippen LogP contribution in [0, 0.1) is 25.1 Å². The van der Waals surface area contributed by atoms with Gasteiger partial charge in [0.15, 0.2) is 6.10 Å². The average Bonchev–Trinajstić information content (AvgIpc) is 2.89. The maximum Gasteiger partial charge on any atom is 0.337 e. The number of anilines is 1. The Labute approximate surface area is 241 Å². The Morgan fingerprint density at radius 2 is 1.78 bits per heavy atom. The summed E-state index contributed by atoms with van der Waals surface area (Å²) in [5.41, 5.74) is 4.51. The lowest BCUT2D eigenvalue weighted by molar-refractivity contribution is -0.160. The molecule has 1 aliphatic rings. The van der Waals surface area contributed by atoms with Gasteiger partial charge in [-0.05, 0) is 76.6 Å². The van der Waals surface area contributed by atoms with E-state index >= 15 is 0 Å². The van der Waals surface area contributed by atoms with E-state index in [1.807, 2.05) is 40.7 Å². The van der Waals surface area contributed by atoms with Gasteiger partial charge in [0, 0.05) is 48.1 Å². The Bertz CT molecular complexity index is 1380. The van der Waals surface area contributed by atoms with E-state index in [2.05, 4.69) is 33.9 Å². The van der Waals surface area contributed by atoms with Crippen LogP contribution in [0.1, 0.15) is 75.9 Å². The van der Waals surface area contributed by atoms with E-state index < -0.39 is 17.7 Å². The largest absolute Gasteiger partial charge is 0.479 e. The first-order chi connectivity index (χ1) is 19.2. The lowest BCUT2D eigenvalue weighted by atomic mass is 9.82. The van der Waals surface area contributed by atoms with E-state index in [0.29, 0.717) is 41.4 Å².